The molecular weight excluding hydrogens is 232 g/mol. The van der Waals surface area contributed by atoms with Crippen LogP contribution in [-0.2, 0) is 6.54 Å². The quantitative estimate of drug-likeness (QED) is 0.799. The van der Waals surface area contributed by atoms with Crippen LogP contribution in [-0.4, -0.2) is 19.6 Å². The molecule has 2 nitrogen and oxygen atoms in total. The Bertz CT molecular complexity index is 385. The Kier molecular flexibility index (Phi) is 6.36. The minimum Gasteiger partial charge on any atom is -0.372 e. The Hall–Kier alpha value is -1.02. The summed E-state index contributed by atoms with van der Waals surface area (Å²) in [6.45, 7) is 13.2. The maximum atomic E-state index is 3.44. The highest BCUT2D eigenvalue weighted by atomic mass is 15.1. The lowest BCUT2D eigenvalue weighted by molar-refractivity contribution is 0.503. The van der Waals surface area contributed by atoms with Gasteiger partial charge in [-0.1, -0.05) is 38.5 Å². The SMILES string of the molecule is CCNCc1cc(C)ccc1N(C)C(C)CC(C)C. The van der Waals surface area contributed by atoms with E-state index in [4.69, 9.17) is 0 Å². The molecule has 0 amide bonds. The van der Waals surface area contributed by atoms with Gasteiger partial charge in [0.2, 0.25) is 0 Å². The molecule has 1 rings (SSSR count). The summed E-state index contributed by atoms with van der Waals surface area (Å²) in [6.07, 6.45) is 1.23. The second kappa shape index (κ2) is 7.54. The summed E-state index contributed by atoms with van der Waals surface area (Å²) < 4.78 is 0. The smallest absolute Gasteiger partial charge is 0.0411 e. The minimum absolute atomic E-state index is 0.572. The average Bonchev–Trinajstić information content (AvgIpc) is 2.34. The summed E-state index contributed by atoms with van der Waals surface area (Å²) in [4.78, 5) is 2.42. The number of benzene rings is 1. The molecule has 0 spiro atoms. The van der Waals surface area contributed by atoms with Gasteiger partial charge in [0.05, 0.1) is 0 Å². The van der Waals surface area contributed by atoms with Crippen molar-refractivity contribution in [2.45, 2.75) is 53.6 Å². The molecule has 2 heteroatoms. The van der Waals surface area contributed by atoms with Crippen LogP contribution in [0.1, 0.15) is 45.2 Å². The molecule has 0 saturated heterocycles. The second-order valence-electron chi connectivity index (χ2n) is 6.00. The van der Waals surface area contributed by atoms with Crippen LogP contribution in [0.5, 0.6) is 0 Å². The topological polar surface area (TPSA) is 15.3 Å². The van der Waals surface area contributed by atoms with E-state index in [1.165, 1.54) is 23.2 Å². The Morgan fingerprint density at radius 1 is 1.21 bits per heavy atom. The Labute approximate surface area is 119 Å². The molecule has 0 aliphatic heterocycles. The fraction of sp³-hybridized carbons (Fsp3) is 0.647. The number of hydrogen-bond acceptors (Lipinski definition) is 2. The van der Waals surface area contributed by atoms with Gasteiger partial charge in [-0.15, -0.1) is 0 Å². The van der Waals surface area contributed by atoms with Gasteiger partial charge in [0.25, 0.3) is 0 Å². The molecule has 19 heavy (non-hydrogen) atoms. The van der Waals surface area contributed by atoms with Gasteiger partial charge in [0.15, 0.2) is 0 Å². The van der Waals surface area contributed by atoms with Gasteiger partial charge in [-0.2, -0.15) is 0 Å². The monoisotopic (exact) mass is 262 g/mol. The Balaban J connectivity index is 2.90. The molecule has 1 N–H and O–H groups in total. The first-order valence-electron chi connectivity index (χ1n) is 7.48. The zero-order chi connectivity index (χ0) is 14.4. The summed E-state index contributed by atoms with van der Waals surface area (Å²) in [5.74, 6) is 0.736. The molecule has 108 valence electrons. The summed E-state index contributed by atoms with van der Waals surface area (Å²) in [6, 6.07) is 7.35. The van der Waals surface area contributed by atoms with E-state index < -0.39 is 0 Å². The van der Waals surface area contributed by atoms with Crippen LogP contribution >= 0.6 is 0 Å². The molecule has 0 radical (unpaired) electrons. The van der Waals surface area contributed by atoms with Crippen molar-refractivity contribution in [3.8, 4) is 0 Å². The first-order valence-corrected chi connectivity index (χ1v) is 7.48. The van der Waals surface area contributed by atoms with Crippen molar-refractivity contribution in [3.05, 3.63) is 29.3 Å². The van der Waals surface area contributed by atoms with Crippen LogP contribution in [0.15, 0.2) is 18.2 Å². The second-order valence-corrected chi connectivity index (χ2v) is 6.00. The molecule has 0 heterocycles. The molecular formula is C17H30N2. The lowest BCUT2D eigenvalue weighted by Crippen LogP contribution is -2.31. The van der Waals surface area contributed by atoms with Gasteiger partial charge in [0, 0.05) is 25.3 Å². The van der Waals surface area contributed by atoms with Crippen molar-refractivity contribution >= 4 is 5.69 Å². The number of hydrogen-bond donors (Lipinski definition) is 1. The van der Waals surface area contributed by atoms with Crippen LogP contribution in [0.25, 0.3) is 0 Å². The molecule has 0 aliphatic rings. The number of nitrogens with zero attached hydrogens (tertiary/aromatic N) is 1. The maximum Gasteiger partial charge on any atom is 0.0411 e. The van der Waals surface area contributed by atoms with E-state index in [-0.39, 0.29) is 0 Å². The van der Waals surface area contributed by atoms with Crippen molar-refractivity contribution in [1.29, 1.82) is 0 Å². The lowest BCUT2D eigenvalue weighted by atomic mass is 10.0. The van der Waals surface area contributed by atoms with E-state index in [1.54, 1.807) is 0 Å². The van der Waals surface area contributed by atoms with E-state index in [0.717, 1.165) is 19.0 Å². The number of nitrogens with one attached hydrogen (secondary N) is 1. The first-order chi connectivity index (χ1) is 8.95. The third-order valence-corrected chi connectivity index (χ3v) is 3.65. The van der Waals surface area contributed by atoms with Gasteiger partial charge >= 0.3 is 0 Å². The first kappa shape index (κ1) is 16.0. The third kappa shape index (κ3) is 4.87. The predicted octanol–water partition coefficient (Wildman–Crippen LogP) is 3.98. The van der Waals surface area contributed by atoms with E-state index in [0.29, 0.717) is 6.04 Å². The normalized spacial score (nSPS) is 12.8. The third-order valence-electron chi connectivity index (χ3n) is 3.65. The number of rotatable bonds is 7. The van der Waals surface area contributed by atoms with Crippen LogP contribution in [0.3, 0.4) is 0 Å². The van der Waals surface area contributed by atoms with E-state index in [2.05, 4.69) is 70.1 Å². The molecule has 1 atom stereocenters. The van der Waals surface area contributed by atoms with Crippen LogP contribution in [0.4, 0.5) is 5.69 Å². The van der Waals surface area contributed by atoms with Crippen molar-refractivity contribution < 1.29 is 0 Å². The molecule has 0 bridgehead atoms. The highest BCUT2D eigenvalue weighted by molar-refractivity contribution is 5.55. The van der Waals surface area contributed by atoms with Crippen molar-refractivity contribution in [2.24, 2.45) is 5.92 Å². The Morgan fingerprint density at radius 3 is 2.47 bits per heavy atom. The van der Waals surface area contributed by atoms with Gasteiger partial charge in [0.1, 0.15) is 0 Å². The summed E-state index contributed by atoms with van der Waals surface area (Å²) in [5, 5.41) is 3.44. The highest BCUT2D eigenvalue weighted by Gasteiger charge is 2.14. The molecule has 0 saturated carbocycles. The van der Waals surface area contributed by atoms with Crippen molar-refractivity contribution in [3.63, 3.8) is 0 Å². The molecule has 1 unspecified atom stereocenters. The van der Waals surface area contributed by atoms with E-state index >= 15 is 0 Å². The van der Waals surface area contributed by atoms with Gasteiger partial charge in [-0.3, -0.25) is 0 Å². The largest absolute Gasteiger partial charge is 0.372 e. The minimum atomic E-state index is 0.572. The van der Waals surface area contributed by atoms with Gasteiger partial charge in [-0.25, -0.2) is 0 Å². The molecule has 0 aliphatic carbocycles. The van der Waals surface area contributed by atoms with Crippen molar-refractivity contribution in [2.75, 3.05) is 18.5 Å². The predicted molar refractivity (Wildman–Crippen MR) is 85.9 cm³/mol. The van der Waals surface area contributed by atoms with Crippen LogP contribution in [0.2, 0.25) is 0 Å². The van der Waals surface area contributed by atoms with E-state index in [1.807, 2.05) is 0 Å². The molecule has 0 aromatic heterocycles. The Morgan fingerprint density at radius 2 is 1.89 bits per heavy atom. The van der Waals surface area contributed by atoms with Crippen molar-refractivity contribution in [1.82, 2.24) is 5.32 Å². The molecule has 0 fully saturated rings. The highest BCUT2D eigenvalue weighted by Crippen LogP contribution is 2.24. The summed E-state index contributed by atoms with van der Waals surface area (Å²) >= 11 is 0. The zero-order valence-corrected chi connectivity index (χ0v) is 13.5. The number of anilines is 1. The maximum absolute atomic E-state index is 3.44. The average molecular weight is 262 g/mol. The lowest BCUT2D eigenvalue weighted by Gasteiger charge is -2.30. The molecule has 1 aromatic carbocycles. The van der Waals surface area contributed by atoms with Gasteiger partial charge < -0.3 is 10.2 Å². The van der Waals surface area contributed by atoms with E-state index in [9.17, 15) is 0 Å². The fourth-order valence-electron chi connectivity index (χ4n) is 2.54. The fourth-order valence-corrected chi connectivity index (χ4v) is 2.54. The van der Waals surface area contributed by atoms with Crippen LogP contribution in [0, 0.1) is 12.8 Å². The van der Waals surface area contributed by atoms with Gasteiger partial charge in [-0.05, 0) is 44.4 Å². The van der Waals surface area contributed by atoms with Crippen LogP contribution < -0.4 is 10.2 Å². The number of aryl methyl sites for hydroxylation is 1. The zero-order valence-electron chi connectivity index (χ0n) is 13.5. The molecule has 1 aromatic rings. The standard InChI is InChI=1S/C17H30N2/c1-7-18-12-16-11-14(4)8-9-17(16)19(6)15(5)10-13(2)3/h8-9,11,13,15,18H,7,10,12H2,1-6H3. The summed E-state index contributed by atoms with van der Waals surface area (Å²) in [5.41, 5.74) is 4.10. The summed E-state index contributed by atoms with van der Waals surface area (Å²) in [7, 11) is 2.22.